The summed E-state index contributed by atoms with van der Waals surface area (Å²) in [7, 11) is 3.25. The van der Waals surface area contributed by atoms with Crippen molar-refractivity contribution in [3.63, 3.8) is 0 Å². The number of rotatable bonds is 8. The maximum absolute atomic E-state index is 14.0. The Hall–Kier alpha value is -2.65. The van der Waals surface area contributed by atoms with Crippen LogP contribution in [0, 0.1) is 0 Å². The Morgan fingerprint density at radius 2 is 1.45 bits per heavy atom. The normalized spacial score (nSPS) is 19.6. The van der Waals surface area contributed by atoms with E-state index >= 15 is 0 Å². The van der Waals surface area contributed by atoms with E-state index in [9.17, 15) is 9.90 Å². The fourth-order valence-electron chi connectivity index (χ4n) is 4.64. The number of carbonyl (C=O) groups is 1. The molecule has 1 N–H and O–H groups in total. The quantitative estimate of drug-likeness (QED) is 0.607. The Balaban J connectivity index is 1.83. The molecule has 0 aromatic heterocycles. The molecule has 8 nitrogen and oxygen atoms in total. The van der Waals surface area contributed by atoms with Crippen molar-refractivity contribution in [3.8, 4) is 17.2 Å². The van der Waals surface area contributed by atoms with Crippen LogP contribution < -0.4 is 9.47 Å². The average molecular weight is 457 g/mol. The molecule has 2 heterocycles. The minimum Gasteiger partial charge on any atom is -0.508 e. The molecule has 2 aliphatic heterocycles. The Morgan fingerprint density at radius 1 is 0.879 bits per heavy atom. The van der Waals surface area contributed by atoms with Gasteiger partial charge in [0, 0.05) is 37.8 Å². The number of nitrogens with zero attached hydrogens (tertiary/aromatic N) is 2. The van der Waals surface area contributed by atoms with E-state index < -0.39 is 6.04 Å². The molecule has 0 radical (unpaired) electrons. The Bertz CT molecular complexity index is 918. The third-order valence-electron chi connectivity index (χ3n) is 6.29. The summed E-state index contributed by atoms with van der Waals surface area (Å²) in [5, 5.41) is 10.0. The zero-order valence-electron chi connectivity index (χ0n) is 19.2. The van der Waals surface area contributed by atoms with Gasteiger partial charge in [-0.05, 0) is 29.8 Å². The van der Waals surface area contributed by atoms with Crippen molar-refractivity contribution in [1.29, 1.82) is 0 Å². The van der Waals surface area contributed by atoms with Crippen LogP contribution in [-0.2, 0) is 9.47 Å². The number of ether oxygens (including phenoxy) is 4. The van der Waals surface area contributed by atoms with Crippen LogP contribution in [0.5, 0.6) is 17.2 Å². The Labute approximate surface area is 194 Å². The topological polar surface area (TPSA) is 80.7 Å². The molecular weight excluding hydrogens is 424 g/mol. The van der Waals surface area contributed by atoms with Crippen LogP contribution in [0.25, 0.3) is 0 Å². The van der Waals surface area contributed by atoms with Gasteiger partial charge >= 0.3 is 0 Å². The van der Waals surface area contributed by atoms with E-state index in [1.807, 2.05) is 18.2 Å². The van der Waals surface area contributed by atoms with Gasteiger partial charge in [-0.1, -0.05) is 12.1 Å². The first kappa shape index (κ1) is 23.5. The number of benzene rings is 2. The second kappa shape index (κ2) is 11.0. The molecule has 2 aromatic rings. The van der Waals surface area contributed by atoms with Crippen LogP contribution in [0.2, 0.25) is 0 Å². The number of methoxy groups -OCH3 is 2. The standard InChI is InChI=1S/C25H32N2O6/c1-30-21-15-19(16-22(17-21)31-2)23(26-6-10-32-11-7-26)24(27-8-12-33-13-9-27)25(29)18-4-3-5-20(28)14-18/h3-5,14-17,23-24,28H,6-13H2,1-2H3. The molecule has 2 unspecified atom stereocenters. The van der Waals surface area contributed by atoms with Crippen LogP contribution in [-0.4, -0.2) is 93.6 Å². The molecular formula is C25H32N2O6. The largest absolute Gasteiger partial charge is 0.508 e. The molecule has 178 valence electrons. The van der Waals surface area contributed by atoms with E-state index in [1.54, 1.807) is 32.4 Å². The molecule has 33 heavy (non-hydrogen) atoms. The fraction of sp³-hybridized carbons (Fsp3) is 0.480. The molecule has 2 atom stereocenters. The van der Waals surface area contributed by atoms with E-state index in [0.717, 1.165) is 5.56 Å². The van der Waals surface area contributed by atoms with Gasteiger partial charge in [-0.15, -0.1) is 0 Å². The lowest BCUT2D eigenvalue weighted by atomic mass is 9.89. The summed E-state index contributed by atoms with van der Waals surface area (Å²) in [6, 6.07) is 11.6. The highest BCUT2D eigenvalue weighted by atomic mass is 16.5. The summed E-state index contributed by atoms with van der Waals surface area (Å²) in [5.74, 6) is 1.39. The van der Waals surface area contributed by atoms with Gasteiger partial charge in [0.15, 0.2) is 5.78 Å². The number of phenols is 1. The first-order chi connectivity index (χ1) is 16.1. The summed E-state index contributed by atoms with van der Waals surface area (Å²) in [6.07, 6.45) is 0. The highest BCUT2D eigenvalue weighted by molar-refractivity contribution is 6.01. The minimum absolute atomic E-state index is 0.0360. The maximum atomic E-state index is 14.0. The highest BCUT2D eigenvalue weighted by Crippen LogP contribution is 2.36. The van der Waals surface area contributed by atoms with E-state index in [0.29, 0.717) is 69.7 Å². The molecule has 0 saturated carbocycles. The van der Waals surface area contributed by atoms with E-state index in [4.69, 9.17) is 18.9 Å². The number of ketones is 1. The van der Waals surface area contributed by atoms with E-state index in [-0.39, 0.29) is 17.6 Å². The molecule has 2 aromatic carbocycles. The Morgan fingerprint density at radius 3 is 2.00 bits per heavy atom. The number of phenolic OH excluding ortho intramolecular Hbond substituents is 1. The maximum Gasteiger partial charge on any atom is 0.182 e. The molecule has 0 bridgehead atoms. The third kappa shape index (κ3) is 5.47. The number of hydrogen-bond acceptors (Lipinski definition) is 8. The zero-order chi connectivity index (χ0) is 23.2. The van der Waals surface area contributed by atoms with Crippen molar-refractivity contribution in [2.24, 2.45) is 0 Å². The van der Waals surface area contributed by atoms with Crippen LogP contribution in [0.3, 0.4) is 0 Å². The lowest BCUT2D eigenvalue weighted by Crippen LogP contribution is -2.55. The van der Waals surface area contributed by atoms with Crippen molar-refractivity contribution >= 4 is 5.78 Å². The van der Waals surface area contributed by atoms with Gasteiger partial charge in [0.2, 0.25) is 0 Å². The number of aromatic hydroxyl groups is 1. The Kier molecular flexibility index (Phi) is 7.82. The molecule has 0 spiro atoms. The van der Waals surface area contributed by atoms with Gasteiger partial charge in [0.05, 0.1) is 52.7 Å². The molecule has 0 amide bonds. The number of Topliss-reactive ketones (excluding diaryl/α,β-unsaturated/α-hetero) is 1. The summed E-state index contributed by atoms with van der Waals surface area (Å²) >= 11 is 0. The minimum atomic E-state index is -0.481. The zero-order valence-corrected chi connectivity index (χ0v) is 19.2. The molecule has 2 aliphatic rings. The third-order valence-corrected chi connectivity index (χ3v) is 6.29. The van der Waals surface area contributed by atoms with Crippen LogP contribution in [0.15, 0.2) is 42.5 Å². The van der Waals surface area contributed by atoms with Crippen molar-refractivity contribution in [2.45, 2.75) is 12.1 Å². The fourth-order valence-corrected chi connectivity index (χ4v) is 4.64. The van der Waals surface area contributed by atoms with Crippen LogP contribution in [0.1, 0.15) is 22.0 Å². The number of carbonyl (C=O) groups excluding carboxylic acids is 1. The molecule has 2 fully saturated rings. The highest BCUT2D eigenvalue weighted by Gasteiger charge is 2.40. The smallest absolute Gasteiger partial charge is 0.182 e. The van der Waals surface area contributed by atoms with Crippen molar-refractivity contribution in [1.82, 2.24) is 9.80 Å². The lowest BCUT2D eigenvalue weighted by Gasteiger charge is -2.44. The molecule has 2 saturated heterocycles. The van der Waals surface area contributed by atoms with Crippen molar-refractivity contribution in [2.75, 3.05) is 66.8 Å². The molecule has 8 heteroatoms. The van der Waals surface area contributed by atoms with Crippen LogP contribution in [0.4, 0.5) is 0 Å². The second-order valence-corrected chi connectivity index (χ2v) is 8.25. The molecule has 4 rings (SSSR count). The SMILES string of the molecule is COc1cc(OC)cc(C(C(C(=O)c2cccc(O)c2)N2CCOCC2)N2CCOCC2)c1. The van der Waals surface area contributed by atoms with Gasteiger partial charge in [0.25, 0.3) is 0 Å². The number of morpholine rings is 2. The average Bonchev–Trinajstić information content (AvgIpc) is 2.87. The first-order valence-corrected chi connectivity index (χ1v) is 11.3. The van der Waals surface area contributed by atoms with Gasteiger partial charge in [-0.25, -0.2) is 0 Å². The van der Waals surface area contributed by atoms with Gasteiger partial charge in [0.1, 0.15) is 17.2 Å². The van der Waals surface area contributed by atoms with Gasteiger partial charge in [-0.2, -0.15) is 0 Å². The van der Waals surface area contributed by atoms with Gasteiger partial charge in [-0.3, -0.25) is 14.6 Å². The van der Waals surface area contributed by atoms with Crippen molar-refractivity contribution < 1.29 is 28.8 Å². The predicted octanol–water partition coefficient (Wildman–Crippen LogP) is 2.37. The van der Waals surface area contributed by atoms with Crippen LogP contribution >= 0.6 is 0 Å². The summed E-state index contributed by atoms with van der Waals surface area (Å²) < 4.78 is 22.3. The first-order valence-electron chi connectivity index (χ1n) is 11.3. The van der Waals surface area contributed by atoms with E-state index in [2.05, 4.69) is 9.80 Å². The molecule has 0 aliphatic carbocycles. The lowest BCUT2D eigenvalue weighted by molar-refractivity contribution is -0.0302. The van der Waals surface area contributed by atoms with Crippen molar-refractivity contribution in [3.05, 3.63) is 53.6 Å². The number of hydrogen-bond donors (Lipinski definition) is 1. The predicted molar refractivity (Wildman–Crippen MR) is 123 cm³/mol. The summed E-state index contributed by atoms with van der Waals surface area (Å²) in [5.41, 5.74) is 1.43. The van der Waals surface area contributed by atoms with Gasteiger partial charge < -0.3 is 24.1 Å². The van der Waals surface area contributed by atoms with E-state index in [1.165, 1.54) is 6.07 Å². The monoisotopic (exact) mass is 456 g/mol. The summed E-state index contributed by atoms with van der Waals surface area (Å²) in [6.45, 7) is 5.06. The summed E-state index contributed by atoms with van der Waals surface area (Å²) in [4.78, 5) is 18.5. The second-order valence-electron chi connectivity index (χ2n) is 8.25.